The first kappa shape index (κ1) is 38.6. The quantitative estimate of drug-likeness (QED) is 0.161. The molecule has 8 aromatic rings. The Morgan fingerprint density at radius 3 is 1.62 bits per heavy atom. The summed E-state index contributed by atoms with van der Waals surface area (Å²) >= 11 is 1.90. The molecular formula is C55H44N4S. The van der Waals surface area contributed by atoms with Crippen LogP contribution in [-0.4, -0.2) is 25.7 Å². The van der Waals surface area contributed by atoms with Crippen molar-refractivity contribution in [1.82, 2.24) is 19.9 Å². The fraction of sp³-hybridized carbons (Fsp3) is 0.0909. The lowest BCUT2D eigenvalue weighted by Crippen LogP contribution is -2.31. The standard InChI is InChI=1S/C55H44N4S/c1-3-50-51(4-2)60-37-14-6-5-13-35-55(50,47-32-28-42(29-33-47)48-21-15-20-41-34-36-56-38-49(41)48)46-30-26-40(27-31-46)39-22-24-45(25-23-39)54-58-52(43-16-9-7-10-17-43)57-53(59-54)44-18-11-8-12-19-44/h3-34,36,38H,35,37H2,1-2H3/b13-5-,14-6-,50-3?,51-4+. The normalized spacial score (nSPS) is 18.0. The fourth-order valence-electron chi connectivity index (χ4n) is 8.33. The van der Waals surface area contributed by atoms with Gasteiger partial charge in [-0.2, -0.15) is 0 Å². The highest BCUT2D eigenvalue weighted by Gasteiger charge is 2.38. The van der Waals surface area contributed by atoms with Crippen LogP contribution in [0.2, 0.25) is 0 Å². The summed E-state index contributed by atoms with van der Waals surface area (Å²) < 4.78 is 0. The first-order valence-corrected chi connectivity index (χ1v) is 21.4. The van der Waals surface area contributed by atoms with Crippen LogP contribution in [0.4, 0.5) is 0 Å². The molecule has 4 nitrogen and oxygen atoms in total. The van der Waals surface area contributed by atoms with Crippen molar-refractivity contribution in [3.8, 4) is 56.4 Å². The molecule has 1 aliphatic rings. The van der Waals surface area contributed by atoms with Crippen LogP contribution in [-0.2, 0) is 5.41 Å². The summed E-state index contributed by atoms with van der Waals surface area (Å²) in [6, 6.07) is 55.7. The van der Waals surface area contributed by atoms with Crippen molar-refractivity contribution in [2.24, 2.45) is 0 Å². The van der Waals surface area contributed by atoms with Gasteiger partial charge in [-0.25, -0.2) is 15.0 Å². The van der Waals surface area contributed by atoms with Gasteiger partial charge in [0.15, 0.2) is 17.5 Å². The molecule has 0 bridgehead atoms. The highest BCUT2D eigenvalue weighted by molar-refractivity contribution is 8.03. The second-order valence-corrected chi connectivity index (χ2v) is 15.9. The van der Waals surface area contributed by atoms with E-state index in [0.29, 0.717) is 17.5 Å². The van der Waals surface area contributed by atoms with Gasteiger partial charge in [0.2, 0.25) is 0 Å². The topological polar surface area (TPSA) is 51.6 Å². The zero-order chi connectivity index (χ0) is 40.7. The summed E-state index contributed by atoms with van der Waals surface area (Å²) in [5.74, 6) is 2.86. The number of rotatable bonds is 7. The van der Waals surface area contributed by atoms with Crippen molar-refractivity contribution >= 4 is 22.5 Å². The average Bonchev–Trinajstić information content (AvgIpc) is 3.33. The molecule has 9 rings (SSSR count). The maximum Gasteiger partial charge on any atom is 0.164 e. The van der Waals surface area contributed by atoms with Crippen LogP contribution in [0.5, 0.6) is 0 Å². The first-order valence-electron chi connectivity index (χ1n) is 20.4. The van der Waals surface area contributed by atoms with E-state index in [1.165, 1.54) is 38.1 Å². The Bertz CT molecular complexity index is 2820. The summed E-state index contributed by atoms with van der Waals surface area (Å²) in [7, 11) is 0. The van der Waals surface area contributed by atoms with E-state index in [4.69, 9.17) is 15.0 Å². The molecule has 1 unspecified atom stereocenters. The lowest BCUT2D eigenvalue weighted by Gasteiger charge is -2.38. The number of hydrogen-bond acceptors (Lipinski definition) is 5. The van der Waals surface area contributed by atoms with Gasteiger partial charge in [-0.1, -0.05) is 188 Å². The van der Waals surface area contributed by atoms with Crippen LogP contribution in [0, 0.1) is 0 Å². The molecule has 5 heteroatoms. The van der Waals surface area contributed by atoms with E-state index in [9.17, 15) is 0 Å². The summed E-state index contributed by atoms with van der Waals surface area (Å²) in [5.41, 5.74) is 10.9. The van der Waals surface area contributed by atoms with Crippen LogP contribution in [0.1, 0.15) is 31.4 Å². The smallest absolute Gasteiger partial charge is 0.164 e. The maximum atomic E-state index is 4.95. The van der Waals surface area contributed by atoms with Crippen molar-refractivity contribution in [3.05, 3.63) is 228 Å². The number of nitrogens with zero attached hydrogens (tertiary/aromatic N) is 4. The molecule has 290 valence electrons. The Kier molecular flexibility index (Phi) is 11.2. The van der Waals surface area contributed by atoms with Crippen molar-refractivity contribution in [2.45, 2.75) is 25.7 Å². The molecule has 2 aromatic heterocycles. The molecule has 6 aromatic carbocycles. The average molecular weight is 793 g/mol. The van der Waals surface area contributed by atoms with Gasteiger partial charge in [-0.3, -0.25) is 4.98 Å². The predicted octanol–water partition coefficient (Wildman–Crippen LogP) is 14.1. The van der Waals surface area contributed by atoms with Gasteiger partial charge in [0.25, 0.3) is 0 Å². The Morgan fingerprint density at radius 1 is 0.500 bits per heavy atom. The van der Waals surface area contributed by atoms with Gasteiger partial charge in [0, 0.05) is 50.5 Å². The molecule has 1 atom stereocenters. The molecule has 0 amide bonds. The SMILES string of the molecule is CC=C1/C(=C\C)SC/C=C\C=C/CC1(c1ccc(-c2ccc(-c3nc(-c4ccccc4)nc(-c4ccccc4)n3)cc2)cc1)c1ccc(-c2cccc3ccncc23)cc1. The van der Waals surface area contributed by atoms with Crippen LogP contribution >= 0.6 is 11.8 Å². The van der Waals surface area contributed by atoms with Crippen molar-refractivity contribution in [3.63, 3.8) is 0 Å². The van der Waals surface area contributed by atoms with Crippen molar-refractivity contribution in [1.29, 1.82) is 0 Å². The molecule has 0 saturated carbocycles. The molecule has 0 saturated heterocycles. The van der Waals surface area contributed by atoms with E-state index >= 15 is 0 Å². The number of allylic oxidation sites excluding steroid dienone is 6. The molecule has 60 heavy (non-hydrogen) atoms. The maximum absolute atomic E-state index is 4.95. The summed E-state index contributed by atoms with van der Waals surface area (Å²) in [6.45, 7) is 4.35. The van der Waals surface area contributed by atoms with E-state index in [1.54, 1.807) is 0 Å². The van der Waals surface area contributed by atoms with Crippen LogP contribution in [0.25, 0.3) is 67.2 Å². The largest absolute Gasteiger partial charge is 0.264 e. The molecule has 0 N–H and O–H groups in total. The molecule has 1 aliphatic heterocycles. The predicted molar refractivity (Wildman–Crippen MR) is 252 cm³/mol. The highest BCUT2D eigenvalue weighted by Crippen LogP contribution is 2.49. The Hall–Kier alpha value is -6.95. The second kappa shape index (κ2) is 17.5. The monoisotopic (exact) mass is 792 g/mol. The zero-order valence-corrected chi connectivity index (χ0v) is 34.6. The fourth-order valence-corrected chi connectivity index (χ4v) is 9.33. The highest BCUT2D eigenvalue weighted by atomic mass is 32.2. The van der Waals surface area contributed by atoms with Gasteiger partial charge in [-0.15, -0.1) is 11.8 Å². The molecule has 0 fully saturated rings. The van der Waals surface area contributed by atoms with Gasteiger partial charge in [-0.05, 0) is 70.7 Å². The Labute approximate surface area is 356 Å². The number of pyridine rings is 1. The molecular weight excluding hydrogens is 749 g/mol. The van der Waals surface area contributed by atoms with Crippen LogP contribution < -0.4 is 0 Å². The van der Waals surface area contributed by atoms with E-state index in [0.717, 1.165) is 45.4 Å². The van der Waals surface area contributed by atoms with Crippen molar-refractivity contribution < 1.29 is 0 Å². The minimum absolute atomic E-state index is 0.432. The molecule has 0 radical (unpaired) electrons. The number of benzene rings is 6. The van der Waals surface area contributed by atoms with Gasteiger partial charge in [0.1, 0.15) is 0 Å². The van der Waals surface area contributed by atoms with Gasteiger partial charge >= 0.3 is 0 Å². The van der Waals surface area contributed by atoms with Crippen LogP contribution in [0.3, 0.4) is 0 Å². The number of hydrogen-bond donors (Lipinski definition) is 0. The first-order chi connectivity index (χ1) is 29.6. The molecule has 3 heterocycles. The third kappa shape index (κ3) is 7.68. The third-order valence-corrected chi connectivity index (χ3v) is 12.5. The minimum atomic E-state index is -0.432. The minimum Gasteiger partial charge on any atom is -0.264 e. The van der Waals surface area contributed by atoms with Crippen LogP contribution in [0.15, 0.2) is 217 Å². The zero-order valence-electron chi connectivity index (χ0n) is 33.7. The Morgan fingerprint density at radius 2 is 1.03 bits per heavy atom. The third-order valence-electron chi connectivity index (χ3n) is 11.3. The number of fused-ring (bicyclic) bond motifs is 1. The van der Waals surface area contributed by atoms with Gasteiger partial charge in [0.05, 0.1) is 0 Å². The van der Waals surface area contributed by atoms with Crippen molar-refractivity contribution in [2.75, 3.05) is 5.75 Å². The van der Waals surface area contributed by atoms with E-state index in [1.807, 2.05) is 84.8 Å². The summed E-state index contributed by atoms with van der Waals surface area (Å²) in [6.07, 6.45) is 18.2. The number of aromatic nitrogens is 4. The lowest BCUT2D eigenvalue weighted by molar-refractivity contribution is 0.623. The summed E-state index contributed by atoms with van der Waals surface area (Å²) in [4.78, 5) is 20.5. The summed E-state index contributed by atoms with van der Waals surface area (Å²) in [5, 5.41) is 2.35. The number of thioether (sulfide) groups is 1. The van der Waals surface area contributed by atoms with E-state index < -0.39 is 5.41 Å². The van der Waals surface area contributed by atoms with E-state index in [-0.39, 0.29) is 0 Å². The second-order valence-electron chi connectivity index (χ2n) is 14.8. The molecule has 0 spiro atoms. The molecule has 0 aliphatic carbocycles. The van der Waals surface area contributed by atoms with E-state index in [2.05, 4.69) is 152 Å². The Balaban J connectivity index is 1.10. The van der Waals surface area contributed by atoms with Gasteiger partial charge < -0.3 is 0 Å². The lowest BCUT2D eigenvalue weighted by atomic mass is 9.66.